The van der Waals surface area contributed by atoms with Crippen LogP contribution >= 0.6 is 0 Å². The van der Waals surface area contributed by atoms with E-state index in [1.54, 1.807) is 12.4 Å². The summed E-state index contributed by atoms with van der Waals surface area (Å²) in [6.45, 7) is 2.67. The zero-order valence-corrected chi connectivity index (χ0v) is 11.1. The van der Waals surface area contributed by atoms with Crippen LogP contribution in [0.3, 0.4) is 0 Å². The first-order chi connectivity index (χ1) is 9.24. The van der Waals surface area contributed by atoms with Crippen molar-refractivity contribution >= 4 is 10.9 Å². The molecule has 0 N–H and O–H groups in total. The molecule has 0 saturated heterocycles. The molecule has 2 heterocycles. The van der Waals surface area contributed by atoms with Gasteiger partial charge in [0.25, 0.3) is 0 Å². The van der Waals surface area contributed by atoms with Gasteiger partial charge in [0.05, 0.1) is 6.20 Å². The summed E-state index contributed by atoms with van der Waals surface area (Å²) in [7, 11) is 2.06. The first kappa shape index (κ1) is 11.8. The molecule has 19 heavy (non-hydrogen) atoms. The number of hydrogen-bond acceptors (Lipinski definition) is 2. The van der Waals surface area contributed by atoms with Crippen LogP contribution in [0.1, 0.15) is 11.1 Å². The topological polar surface area (TPSA) is 27.1 Å². The van der Waals surface area contributed by atoms with Gasteiger partial charge in [-0.1, -0.05) is 11.6 Å². The van der Waals surface area contributed by atoms with E-state index in [1.165, 1.54) is 22.0 Å². The third-order valence-electron chi connectivity index (χ3n) is 3.26. The molecule has 0 amide bonds. The van der Waals surface area contributed by atoms with Gasteiger partial charge in [0.15, 0.2) is 0 Å². The van der Waals surface area contributed by atoms with Crippen LogP contribution in [0.5, 0.6) is 5.75 Å². The molecule has 3 nitrogen and oxygen atoms in total. The van der Waals surface area contributed by atoms with Crippen LogP contribution in [-0.4, -0.2) is 9.55 Å². The number of rotatable bonds is 3. The Bertz CT molecular complexity index is 701. The molecule has 3 aromatic rings. The van der Waals surface area contributed by atoms with Crippen molar-refractivity contribution in [3.8, 4) is 5.75 Å². The average molecular weight is 252 g/mol. The lowest BCUT2D eigenvalue weighted by atomic mass is 10.1. The van der Waals surface area contributed by atoms with Gasteiger partial charge in [-0.25, -0.2) is 0 Å². The molecule has 0 saturated carbocycles. The first-order valence-corrected chi connectivity index (χ1v) is 6.31. The molecule has 0 atom stereocenters. The van der Waals surface area contributed by atoms with Gasteiger partial charge in [0, 0.05) is 35.9 Å². The van der Waals surface area contributed by atoms with Crippen LogP contribution in [0.2, 0.25) is 0 Å². The van der Waals surface area contributed by atoms with Gasteiger partial charge in [-0.3, -0.25) is 4.98 Å². The normalized spacial score (nSPS) is 10.8. The molecule has 2 aromatic heterocycles. The Hall–Kier alpha value is -2.29. The maximum absolute atomic E-state index is 5.78. The molecule has 0 fully saturated rings. The van der Waals surface area contributed by atoms with Crippen molar-refractivity contribution in [2.24, 2.45) is 7.05 Å². The number of ether oxygens (including phenoxy) is 1. The zero-order valence-electron chi connectivity index (χ0n) is 11.1. The highest BCUT2D eigenvalue weighted by molar-refractivity contribution is 5.84. The minimum Gasteiger partial charge on any atom is -0.487 e. The fourth-order valence-electron chi connectivity index (χ4n) is 2.30. The molecule has 0 aliphatic carbocycles. The smallest absolute Gasteiger partial charge is 0.138 e. The number of fused-ring (bicyclic) bond motifs is 1. The fraction of sp³-hybridized carbons (Fsp3) is 0.188. The van der Waals surface area contributed by atoms with E-state index in [9.17, 15) is 0 Å². The monoisotopic (exact) mass is 252 g/mol. The van der Waals surface area contributed by atoms with Crippen LogP contribution in [0.4, 0.5) is 0 Å². The fourth-order valence-corrected chi connectivity index (χ4v) is 2.30. The predicted octanol–water partition coefficient (Wildman–Crippen LogP) is 3.46. The lowest BCUT2D eigenvalue weighted by Crippen LogP contribution is -1.94. The number of nitrogens with zero attached hydrogens (tertiary/aromatic N) is 2. The Labute approximate surface area is 112 Å². The van der Waals surface area contributed by atoms with Crippen molar-refractivity contribution in [3.63, 3.8) is 0 Å². The van der Waals surface area contributed by atoms with Crippen LogP contribution in [0.15, 0.2) is 48.9 Å². The van der Waals surface area contributed by atoms with Crippen molar-refractivity contribution in [2.45, 2.75) is 13.5 Å². The van der Waals surface area contributed by atoms with Gasteiger partial charge >= 0.3 is 0 Å². The third kappa shape index (κ3) is 2.32. The van der Waals surface area contributed by atoms with Crippen molar-refractivity contribution < 1.29 is 4.74 Å². The second-order valence-electron chi connectivity index (χ2n) is 4.76. The summed E-state index contributed by atoms with van der Waals surface area (Å²) in [6.07, 6.45) is 5.60. The number of pyridine rings is 1. The van der Waals surface area contributed by atoms with Crippen molar-refractivity contribution in [2.75, 3.05) is 0 Å². The number of benzene rings is 1. The standard InChI is InChI=1S/C16H16N2O/c1-12-5-6-16-15(8-12)13(10-18(16)2)11-19-14-4-3-7-17-9-14/h3-10H,11H2,1-2H3. The summed E-state index contributed by atoms with van der Waals surface area (Å²) in [4.78, 5) is 4.05. The summed E-state index contributed by atoms with van der Waals surface area (Å²) in [5.41, 5.74) is 3.70. The van der Waals surface area contributed by atoms with Crippen LogP contribution < -0.4 is 4.74 Å². The van der Waals surface area contributed by atoms with Gasteiger partial charge in [-0.2, -0.15) is 0 Å². The van der Waals surface area contributed by atoms with E-state index in [4.69, 9.17) is 4.74 Å². The van der Waals surface area contributed by atoms with Gasteiger partial charge in [0.2, 0.25) is 0 Å². The Morgan fingerprint density at radius 1 is 1.26 bits per heavy atom. The number of hydrogen-bond donors (Lipinski definition) is 0. The maximum Gasteiger partial charge on any atom is 0.138 e. The molecule has 0 radical (unpaired) electrons. The van der Waals surface area contributed by atoms with Crippen molar-refractivity contribution in [3.05, 3.63) is 60.0 Å². The molecule has 1 aromatic carbocycles. The lowest BCUT2D eigenvalue weighted by molar-refractivity contribution is 0.306. The summed E-state index contributed by atoms with van der Waals surface area (Å²) in [5.74, 6) is 0.798. The van der Waals surface area contributed by atoms with E-state index < -0.39 is 0 Å². The van der Waals surface area contributed by atoms with Crippen molar-refractivity contribution in [1.29, 1.82) is 0 Å². The molecule has 0 aliphatic rings. The Morgan fingerprint density at radius 2 is 2.16 bits per heavy atom. The highest BCUT2D eigenvalue weighted by atomic mass is 16.5. The summed E-state index contributed by atoms with van der Waals surface area (Å²) < 4.78 is 7.91. The van der Waals surface area contributed by atoms with E-state index in [1.807, 2.05) is 12.1 Å². The largest absolute Gasteiger partial charge is 0.487 e. The third-order valence-corrected chi connectivity index (χ3v) is 3.26. The van der Waals surface area contributed by atoms with E-state index in [0.717, 1.165) is 5.75 Å². The maximum atomic E-state index is 5.78. The molecule has 0 aliphatic heterocycles. The zero-order chi connectivity index (χ0) is 13.2. The molecule has 0 bridgehead atoms. The Morgan fingerprint density at radius 3 is 2.95 bits per heavy atom. The lowest BCUT2D eigenvalue weighted by Gasteiger charge is -2.04. The average Bonchev–Trinajstić information content (AvgIpc) is 2.74. The molecule has 3 rings (SSSR count). The Kier molecular flexibility index (Phi) is 2.95. The van der Waals surface area contributed by atoms with Crippen LogP contribution in [0, 0.1) is 6.92 Å². The highest BCUT2D eigenvalue weighted by Gasteiger charge is 2.07. The minimum atomic E-state index is 0.562. The van der Waals surface area contributed by atoms with Crippen molar-refractivity contribution in [1.82, 2.24) is 9.55 Å². The first-order valence-electron chi connectivity index (χ1n) is 6.31. The summed E-state index contributed by atoms with van der Waals surface area (Å²) >= 11 is 0. The predicted molar refractivity (Wildman–Crippen MR) is 76.2 cm³/mol. The van der Waals surface area contributed by atoms with E-state index in [-0.39, 0.29) is 0 Å². The number of aryl methyl sites for hydroxylation is 2. The second kappa shape index (κ2) is 4.76. The van der Waals surface area contributed by atoms with Crippen LogP contribution in [0.25, 0.3) is 10.9 Å². The van der Waals surface area contributed by atoms with E-state index in [2.05, 4.69) is 47.9 Å². The molecule has 3 heteroatoms. The minimum absolute atomic E-state index is 0.562. The summed E-state index contributed by atoms with van der Waals surface area (Å²) in [6, 6.07) is 10.3. The molecule has 0 unspecified atom stereocenters. The quantitative estimate of drug-likeness (QED) is 0.713. The van der Waals surface area contributed by atoms with E-state index >= 15 is 0 Å². The van der Waals surface area contributed by atoms with Crippen LogP contribution in [-0.2, 0) is 13.7 Å². The van der Waals surface area contributed by atoms with Gasteiger partial charge < -0.3 is 9.30 Å². The molecule has 0 spiro atoms. The molecule has 96 valence electrons. The highest BCUT2D eigenvalue weighted by Crippen LogP contribution is 2.23. The van der Waals surface area contributed by atoms with Gasteiger partial charge in [-0.15, -0.1) is 0 Å². The number of aromatic nitrogens is 2. The van der Waals surface area contributed by atoms with E-state index in [0.29, 0.717) is 6.61 Å². The van der Waals surface area contributed by atoms with Gasteiger partial charge in [-0.05, 0) is 31.2 Å². The molecular formula is C16H16N2O. The summed E-state index contributed by atoms with van der Waals surface area (Å²) in [5, 5.41) is 1.26. The Balaban J connectivity index is 1.91. The van der Waals surface area contributed by atoms with Gasteiger partial charge in [0.1, 0.15) is 12.4 Å². The second-order valence-corrected chi connectivity index (χ2v) is 4.76. The molecular weight excluding hydrogens is 236 g/mol. The SMILES string of the molecule is Cc1ccc2c(c1)c(COc1cccnc1)cn2C.